The number of hydrogen-bond donors (Lipinski definition) is 2. The van der Waals surface area contributed by atoms with Gasteiger partial charge in [-0.05, 0) is 44.9 Å². The molecule has 1 rings (SSSR count). The van der Waals surface area contributed by atoms with Gasteiger partial charge in [-0.25, -0.2) is 0 Å². The number of halogens is 1. The third-order valence-corrected chi connectivity index (χ3v) is 3.36. The zero-order valence-corrected chi connectivity index (χ0v) is 14.3. The van der Waals surface area contributed by atoms with Gasteiger partial charge in [0.15, 0.2) is 0 Å². The number of rotatable bonds is 7. The SMILES string of the molecule is CCCC(NCCC(=O)NC(C)(C)C)c1ccc(Cl)cc1. The van der Waals surface area contributed by atoms with Gasteiger partial charge in [-0.2, -0.15) is 0 Å². The first-order valence-electron chi connectivity index (χ1n) is 7.61. The summed E-state index contributed by atoms with van der Waals surface area (Å²) in [5, 5.41) is 7.19. The van der Waals surface area contributed by atoms with Crippen molar-refractivity contribution in [2.75, 3.05) is 6.54 Å². The number of hydrogen-bond acceptors (Lipinski definition) is 2. The third kappa shape index (κ3) is 7.49. The van der Waals surface area contributed by atoms with E-state index in [1.54, 1.807) is 0 Å². The summed E-state index contributed by atoms with van der Waals surface area (Å²) < 4.78 is 0. The van der Waals surface area contributed by atoms with Gasteiger partial charge < -0.3 is 10.6 Å². The number of carbonyl (C=O) groups excluding carboxylic acids is 1. The Hall–Kier alpha value is -1.06. The predicted octanol–water partition coefficient (Wildman–Crippen LogP) is 4.08. The number of benzene rings is 1. The monoisotopic (exact) mass is 310 g/mol. The lowest BCUT2D eigenvalue weighted by molar-refractivity contribution is -0.122. The summed E-state index contributed by atoms with van der Waals surface area (Å²) in [6.07, 6.45) is 2.63. The summed E-state index contributed by atoms with van der Waals surface area (Å²) in [7, 11) is 0. The molecule has 118 valence electrons. The summed E-state index contributed by atoms with van der Waals surface area (Å²) in [5.74, 6) is 0.0846. The Morgan fingerprint density at radius 1 is 1.24 bits per heavy atom. The number of nitrogens with one attached hydrogen (secondary N) is 2. The standard InChI is InChI=1S/C17H27ClN2O/c1-5-6-15(13-7-9-14(18)10-8-13)19-12-11-16(21)20-17(2,3)4/h7-10,15,19H,5-6,11-12H2,1-4H3,(H,20,21). The molecule has 1 unspecified atom stereocenters. The molecule has 1 aromatic rings. The van der Waals surface area contributed by atoms with Gasteiger partial charge in [0.25, 0.3) is 0 Å². The zero-order chi connectivity index (χ0) is 15.9. The van der Waals surface area contributed by atoms with E-state index in [4.69, 9.17) is 11.6 Å². The van der Waals surface area contributed by atoms with Gasteiger partial charge >= 0.3 is 0 Å². The van der Waals surface area contributed by atoms with Crippen LogP contribution in [0.3, 0.4) is 0 Å². The highest BCUT2D eigenvalue weighted by Gasteiger charge is 2.14. The van der Waals surface area contributed by atoms with E-state index < -0.39 is 0 Å². The predicted molar refractivity (Wildman–Crippen MR) is 89.6 cm³/mol. The molecule has 0 radical (unpaired) electrons. The Bertz CT molecular complexity index is 437. The molecule has 4 heteroatoms. The average Bonchev–Trinajstić information content (AvgIpc) is 2.36. The first-order chi connectivity index (χ1) is 9.81. The smallest absolute Gasteiger partial charge is 0.221 e. The van der Waals surface area contributed by atoms with Crippen LogP contribution in [-0.2, 0) is 4.79 Å². The maximum Gasteiger partial charge on any atom is 0.221 e. The molecular formula is C17H27ClN2O. The highest BCUT2D eigenvalue weighted by Crippen LogP contribution is 2.20. The number of amides is 1. The molecule has 2 N–H and O–H groups in total. The van der Waals surface area contributed by atoms with Gasteiger partial charge in [0.05, 0.1) is 0 Å². The molecule has 0 aromatic heterocycles. The van der Waals surface area contributed by atoms with Crippen molar-refractivity contribution in [2.24, 2.45) is 0 Å². The van der Waals surface area contributed by atoms with Crippen molar-refractivity contribution in [1.29, 1.82) is 0 Å². The fourth-order valence-corrected chi connectivity index (χ4v) is 2.34. The van der Waals surface area contributed by atoms with Gasteiger partial charge in [0.1, 0.15) is 0 Å². The molecule has 1 aromatic carbocycles. The summed E-state index contributed by atoms with van der Waals surface area (Å²) in [4.78, 5) is 11.8. The molecule has 0 heterocycles. The van der Waals surface area contributed by atoms with Crippen LogP contribution in [0, 0.1) is 0 Å². The molecule has 0 aliphatic carbocycles. The molecule has 3 nitrogen and oxygen atoms in total. The molecule has 0 saturated carbocycles. The van der Waals surface area contributed by atoms with Crippen molar-refractivity contribution in [3.63, 3.8) is 0 Å². The second-order valence-corrected chi connectivity index (χ2v) is 6.83. The molecule has 0 aliphatic rings. The molecule has 1 atom stereocenters. The van der Waals surface area contributed by atoms with Gasteiger partial charge in [-0.15, -0.1) is 0 Å². The van der Waals surface area contributed by atoms with Crippen LogP contribution in [-0.4, -0.2) is 18.0 Å². The molecule has 0 aliphatic heterocycles. The minimum absolute atomic E-state index is 0.0846. The van der Waals surface area contributed by atoms with E-state index >= 15 is 0 Å². The average molecular weight is 311 g/mol. The van der Waals surface area contributed by atoms with Crippen molar-refractivity contribution >= 4 is 17.5 Å². The Kier molecular flexibility index (Phi) is 7.20. The van der Waals surface area contributed by atoms with Crippen molar-refractivity contribution in [3.8, 4) is 0 Å². The van der Waals surface area contributed by atoms with E-state index in [2.05, 4.69) is 17.6 Å². The second-order valence-electron chi connectivity index (χ2n) is 6.40. The Morgan fingerprint density at radius 3 is 2.38 bits per heavy atom. The van der Waals surface area contributed by atoms with Crippen molar-refractivity contribution < 1.29 is 4.79 Å². The number of carbonyl (C=O) groups is 1. The molecule has 0 bridgehead atoms. The molecule has 21 heavy (non-hydrogen) atoms. The van der Waals surface area contributed by atoms with Gasteiger partial charge in [-0.1, -0.05) is 37.1 Å². The maximum absolute atomic E-state index is 11.8. The minimum atomic E-state index is -0.171. The van der Waals surface area contributed by atoms with Crippen LogP contribution in [0.5, 0.6) is 0 Å². The minimum Gasteiger partial charge on any atom is -0.351 e. The lowest BCUT2D eigenvalue weighted by atomic mass is 10.0. The van der Waals surface area contributed by atoms with E-state index in [1.807, 2.05) is 45.0 Å². The molecule has 0 saturated heterocycles. The Morgan fingerprint density at radius 2 is 1.86 bits per heavy atom. The lowest BCUT2D eigenvalue weighted by Crippen LogP contribution is -2.41. The van der Waals surface area contributed by atoms with Crippen LogP contribution in [0.25, 0.3) is 0 Å². The van der Waals surface area contributed by atoms with E-state index in [0.29, 0.717) is 13.0 Å². The Labute approximate surface area is 133 Å². The fraction of sp³-hybridized carbons (Fsp3) is 0.588. The first kappa shape index (κ1) is 18.0. The highest BCUT2D eigenvalue weighted by molar-refractivity contribution is 6.30. The van der Waals surface area contributed by atoms with Gasteiger partial charge in [-0.3, -0.25) is 4.79 Å². The fourth-order valence-electron chi connectivity index (χ4n) is 2.21. The van der Waals surface area contributed by atoms with Crippen LogP contribution in [0.2, 0.25) is 5.02 Å². The highest BCUT2D eigenvalue weighted by atomic mass is 35.5. The van der Waals surface area contributed by atoms with Crippen LogP contribution >= 0.6 is 11.6 Å². The van der Waals surface area contributed by atoms with Crippen molar-refractivity contribution in [3.05, 3.63) is 34.9 Å². The van der Waals surface area contributed by atoms with E-state index in [-0.39, 0.29) is 17.5 Å². The van der Waals surface area contributed by atoms with E-state index in [1.165, 1.54) is 5.56 Å². The quantitative estimate of drug-likeness (QED) is 0.797. The maximum atomic E-state index is 11.8. The van der Waals surface area contributed by atoms with Gasteiger partial charge in [0, 0.05) is 29.6 Å². The summed E-state index contributed by atoms with van der Waals surface area (Å²) in [6, 6.07) is 8.19. The lowest BCUT2D eigenvalue weighted by Gasteiger charge is -2.22. The van der Waals surface area contributed by atoms with Gasteiger partial charge in [0.2, 0.25) is 5.91 Å². The summed E-state index contributed by atoms with van der Waals surface area (Å²) in [5.41, 5.74) is 1.05. The largest absolute Gasteiger partial charge is 0.351 e. The van der Waals surface area contributed by atoms with E-state index in [0.717, 1.165) is 17.9 Å². The molecule has 0 spiro atoms. The van der Waals surface area contributed by atoms with Crippen LogP contribution < -0.4 is 10.6 Å². The summed E-state index contributed by atoms with van der Waals surface area (Å²) in [6.45, 7) is 8.82. The Balaban J connectivity index is 2.48. The van der Waals surface area contributed by atoms with Crippen LogP contribution in [0.4, 0.5) is 0 Å². The zero-order valence-electron chi connectivity index (χ0n) is 13.5. The molecule has 0 fully saturated rings. The first-order valence-corrected chi connectivity index (χ1v) is 7.99. The molecule has 1 amide bonds. The van der Waals surface area contributed by atoms with E-state index in [9.17, 15) is 4.79 Å². The third-order valence-electron chi connectivity index (χ3n) is 3.11. The van der Waals surface area contributed by atoms with Crippen molar-refractivity contribution in [2.45, 2.75) is 58.5 Å². The van der Waals surface area contributed by atoms with Crippen LogP contribution in [0.15, 0.2) is 24.3 Å². The topological polar surface area (TPSA) is 41.1 Å². The van der Waals surface area contributed by atoms with Crippen molar-refractivity contribution in [1.82, 2.24) is 10.6 Å². The second kappa shape index (κ2) is 8.40. The molecular weight excluding hydrogens is 284 g/mol. The normalized spacial score (nSPS) is 13.0. The summed E-state index contributed by atoms with van der Waals surface area (Å²) >= 11 is 5.93. The van der Waals surface area contributed by atoms with Crippen LogP contribution in [0.1, 0.15) is 58.6 Å².